The first-order valence-corrected chi connectivity index (χ1v) is 10.1. The molecule has 1 aliphatic heterocycles. The molecule has 3 heterocycles. The molecule has 0 aliphatic carbocycles. The van der Waals surface area contributed by atoms with Crippen LogP contribution in [-0.4, -0.2) is 62.1 Å². The number of carbonyl (C=O) groups excluding carboxylic acids is 1. The third-order valence-corrected chi connectivity index (χ3v) is 5.47. The Morgan fingerprint density at radius 2 is 1.90 bits per heavy atom. The van der Waals surface area contributed by atoms with Crippen LogP contribution in [0.5, 0.6) is 0 Å². The highest BCUT2D eigenvalue weighted by atomic mass is 16.3. The number of nitrogens with zero attached hydrogens (tertiary/aromatic N) is 6. The number of aryl methyl sites for hydroxylation is 2. The number of furan rings is 1. The van der Waals surface area contributed by atoms with Crippen LogP contribution in [0, 0.1) is 0 Å². The molecule has 3 aromatic rings. The number of piperazine rings is 1. The highest BCUT2D eigenvalue weighted by molar-refractivity contribution is 5.91. The summed E-state index contributed by atoms with van der Waals surface area (Å²) < 4.78 is 7.17. The fourth-order valence-corrected chi connectivity index (χ4v) is 3.89. The molecule has 4 rings (SSSR count). The van der Waals surface area contributed by atoms with E-state index in [4.69, 9.17) is 4.42 Å². The van der Waals surface area contributed by atoms with E-state index in [1.165, 1.54) is 11.8 Å². The van der Waals surface area contributed by atoms with E-state index in [9.17, 15) is 4.79 Å². The maximum atomic E-state index is 12.5. The molecule has 152 valence electrons. The van der Waals surface area contributed by atoms with Crippen molar-refractivity contribution < 1.29 is 9.21 Å². The fraction of sp³-hybridized carbons (Fsp3) is 0.429. The van der Waals surface area contributed by atoms with Gasteiger partial charge in [0.1, 0.15) is 0 Å². The Labute approximate surface area is 170 Å². The highest BCUT2D eigenvalue weighted by Crippen LogP contribution is 2.24. The number of hydrogen-bond donors (Lipinski definition) is 0. The average molecular weight is 394 g/mol. The first kappa shape index (κ1) is 19.3. The summed E-state index contributed by atoms with van der Waals surface area (Å²) in [4.78, 5) is 16.7. The van der Waals surface area contributed by atoms with Crippen molar-refractivity contribution in [3.8, 4) is 0 Å². The number of tetrazole rings is 1. The molecule has 1 saturated heterocycles. The van der Waals surface area contributed by atoms with Gasteiger partial charge in [-0.1, -0.05) is 37.3 Å². The number of rotatable bonds is 7. The van der Waals surface area contributed by atoms with E-state index in [0.717, 1.165) is 38.3 Å². The zero-order chi connectivity index (χ0) is 20.1. The van der Waals surface area contributed by atoms with E-state index < -0.39 is 0 Å². The normalized spacial score (nSPS) is 16.1. The standard InChI is InChI=1S/C21H26N6O2/c1-2-18(20-22-23-24-27(20)11-10-17-7-4-3-5-8-17)25-12-14-26(15-13-25)21(28)19-9-6-16-29-19/h3-9,16,18H,2,10-15H2,1H3/t18-/m1/s1. The van der Waals surface area contributed by atoms with Gasteiger partial charge in [0.15, 0.2) is 11.6 Å². The number of hydrogen-bond acceptors (Lipinski definition) is 6. The number of carbonyl (C=O) groups is 1. The van der Waals surface area contributed by atoms with Crippen LogP contribution >= 0.6 is 0 Å². The van der Waals surface area contributed by atoms with Crippen molar-refractivity contribution in [1.82, 2.24) is 30.0 Å². The van der Waals surface area contributed by atoms with Gasteiger partial charge in [0, 0.05) is 32.7 Å². The predicted molar refractivity (Wildman–Crippen MR) is 107 cm³/mol. The quantitative estimate of drug-likeness (QED) is 0.612. The topological polar surface area (TPSA) is 80.3 Å². The van der Waals surface area contributed by atoms with E-state index in [0.29, 0.717) is 18.8 Å². The Balaban J connectivity index is 1.39. The van der Waals surface area contributed by atoms with E-state index in [1.54, 1.807) is 12.1 Å². The van der Waals surface area contributed by atoms with E-state index >= 15 is 0 Å². The molecule has 1 aliphatic rings. The van der Waals surface area contributed by atoms with Crippen LogP contribution in [0.25, 0.3) is 0 Å². The first-order valence-electron chi connectivity index (χ1n) is 10.1. The molecule has 2 aromatic heterocycles. The van der Waals surface area contributed by atoms with Crippen molar-refractivity contribution in [1.29, 1.82) is 0 Å². The van der Waals surface area contributed by atoms with Crippen LogP contribution in [-0.2, 0) is 13.0 Å². The summed E-state index contributed by atoms with van der Waals surface area (Å²) in [6.45, 7) is 5.82. The minimum absolute atomic E-state index is 0.0459. The Bertz CT molecular complexity index is 900. The molecule has 8 heteroatoms. The molecular weight excluding hydrogens is 368 g/mol. The summed E-state index contributed by atoms with van der Waals surface area (Å²) in [6.07, 6.45) is 3.34. The van der Waals surface area contributed by atoms with Crippen molar-refractivity contribution in [3.05, 3.63) is 65.9 Å². The summed E-state index contributed by atoms with van der Waals surface area (Å²) in [5.41, 5.74) is 1.27. The molecule has 8 nitrogen and oxygen atoms in total. The Hall–Kier alpha value is -3.00. The van der Waals surface area contributed by atoms with Crippen molar-refractivity contribution in [3.63, 3.8) is 0 Å². The average Bonchev–Trinajstić information content (AvgIpc) is 3.46. The van der Waals surface area contributed by atoms with E-state index in [1.807, 2.05) is 27.8 Å². The van der Waals surface area contributed by atoms with Crippen LogP contribution in [0.15, 0.2) is 53.1 Å². The lowest BCUT2D eigenvalue weighted by Crippen LogP contribution is -2.50. The molecule has 0 unspecified atom stereocenters. The molecule has 1 atom stereocenters. The zero-order valence-electron chi connectivity index (χ0n) is 16.6. The lowest BCUT2D eigenvalue weighted by atomic mass is 10.1. The van der Waals surface area contributed by atoms with Crippen molar-refractivity contribution in [2.45, 2.75) is 32.4 Å². The number of benzene rings is 1. The minimum atomic E-state index is -0.0459. The lowest BCUT2D eigenvalue weighted by Gasteiger charge is -2.38. The van der Waals surface area contributed by atoms with Gasteiger partial charge in [-0.2, -0.15) is 0 Å². The maximum absolute atomic E-state index is 12.5. The molecule has 29 heavy (non-hydrogen) atoms. The van der Waals surface area contributed by atoms with Crippen LogP contribution < -0.4 is 0 Å². The Morgan fingerprint density at radius 3 is 2.59 bits per heavy atom. The Morgan fingerprint density at radius 1 is 1.10 bits per heavy atom. The molecule has 0 radical (unpaired) electrons. The van der Waals surface area contributed by atoms with Crippen molar-refractivity contribution >= 4 is 5.91 Å². The second kappa shape index (κ2) is 9.00. The summed E-state index contributed by atoms with van der Waals surface area (Å²) in [7, 11) is 0. The van der Waals surface area contributed by atoms with Crippen LogP contribution in [0.1, 0.15) is 41.3 Å². The van der Waals surface area contributed by atoms with Crippen LogP contribution in [0.3, 0.4) is 0 Å². The lowest BCUT2D eigenvalue weighted by molar-refractivity contribution is 0.0521. The molecule has 0 bridgehead atoms. The molecule has 0 spiro atoms. The van der Waals surface area contributed by atoms with Crippen molar-refractivity contribution in [2.75, 3.05) is 26.2 Å². The molecule has 0 N–H and O–H groups in total. The van der Waals surface area contributed by atoms with Gasteiger partial charge < -0.3 is 9.32 Å². The number of amides is 1. The van der Waals surface area contributed by atoms with Crippen molar-refractivity contribution in [2.24, 2.45) is 0 Å². The van der Waals surface area contributed by atoms with Gasteiger partial charge in [-0.15, -0.1) is 5.10 Å². The first-order chi connectivity index (χ1) is 14.3. The smallest absolute Gasteiger partial charge is 0.289 e. The summed E-state index contributed by atoms with van der Waals surface area (Å²) in [5, 5.41) is 12.5. The monoisotopic (exact) mass is 394 g/mol. The second-order valence-electron chi connectivity index (χ2n) is 7.23. The van der Waals surface area contributed by atoms with Gasteiger partial charge in [-0.3, -0.25) is 9.69 Å². The van der Waals surface area contributed by atoms with Gasteiger partial charge in [0.05, 0.1) is 12.3 Å². The molecule has 0 saturated carbocycles. The summed E-state index contributed by atoms with van der Waals surface area (Å²) in [6, 6.07) is 14.0. The molecule has 1 fully saturated rings. The SMILES string of the molecule is CC[C@H](c1nnnn1CCc1ccccc1)N1CCN(C(=O)c2ccco2)CC1. The Kier molecular flexibility index (Phi) is 6.00. The fourth-order valence-electron chi connectivity index (χ4n) is 3.89. The number of aromatic nitrogens is 4. The maximum Gasteiger partial charge on any atom is 0.289 e. The largest absolute Gasteiger partial charge is 0.459 e. The zero-order valence-corrected chi connectivity index (χ0v) is 16.6. The third kappa shape index (κ3) is 4.37. The third-order valence-electron chi connectivity index (χ3n) is 5.47. The van der Waals surface area contributed by atoms with E-state index in [2.05, 4.69) is 39.5 Å². The highest BCUT2D eigenvalue weighted by Gasteiger charge is 2.30. The van der Waals surface area contributed by atoms with Gasteiger partial charge in [-0.05, 0) is 41.0 Å². The molecule has 1 amide bonds. The van der Waals surface area contributed by atoms with Gasteiger partial charge >= 0.3 is 0 Å². The van der Waals surface area contributed by atoms with Crippen LogP contribution in [0.4, 0.5) is 0 Å². The van der Waals surface area contributed by atoms with Crippen LogP contribution in [0.2, 0.25) is 0 Å². The minimum Gasteiger partial charge on any atom is -0.459 e. The predicted octanol–water partition coefficient (Wildman–Crippen LogP) is 2.42. The van der Waals surface area contributed by atoms with Gasteiger partial charge in [0.25, 0.3) is 5.91 Å². The van der Waals surface area contributed by atoms with Gasteiger partial charge in [0.2, 0.25) is 0 Å². The van der Waals surface area contributed by atoms with Gasteiger partial charge in [-0.25, -0.2) is 4.68 Å². The molecular formula is C21H26N6O2. The summed E-state index contributed by atoms with van der Waals surface area (Å²) in [5.74, 6) is 1.25. The van der Waals surface area contributed by atoms with E-state index in [-0.39, 0.29) is 11.9 Å². The summed E-state index contributed by atoms with van der Waals surface area (Å²) >= 11 is 0. The molecule has 1 aromatic carbocycles. The second-order valence-corrected chi connectivity index (χ2v) is 7.23.